The van der Waals surface area contributed by atoms with Crippen LogP contribution in [0.1, 0.15) is 0 Å². The Morgan fingerprint density at radius 3 is 1.27 bits per heavy atom. The van der Waals surface area contributed by atoms with E-state index in [9.17, 15) is 0 Å². The fourth-order valence-corrected chi connectivity index (χ4v) is 3.79. The van der Waals surface area contributed by atoms with Gasteiger partial charge in [0.2, 0.25) is 0 Å². The summed E-state index contributed by atoms with van der Waals surface area (Å²) in [5.74, 6) is 0. The average molecular weight is 237 g/mol. The Morgan fingerprint density at radius 2 is 1.27 bits per heavy atom. The second-order valence-electron chi connectivity index (χ2n) is 2.46. The molecule has 0 radical (unpaired) electrons. The zero-order valence-electron chi connectivity index (χ0n) is 6.98. The van der Waals surface area contributed by atoms with Gasteiger partial charge in [-0.3, -0.25) is 9.34 Å². The first-order chi connectivity index (χ1) is 4.83. The van der Waals surface area contributed by atoms with Crippen LogP contribution in [0, 0.1) is 0 Å². The van der Waals surface area contributed by atoms with Gasteiger partial charge in [-0.2, -0.15) is 0 Å². The molecule has 11 heavy (non-hydrogen) atoms. The Labute approximate surface area is 82.9 Å². The van der Waals surface area contributed by atoms with Gasteiger partial charge < -0.3 is 0 Å². The van der Waals surface area contributed by atoms with Gasteiger partial charge in [0.05, 0.1) is 0 Å². The van der Waals surface area contributed by atoms with Crippen LogP contribution in [-0.2, 0) is 0 Å². The Balaban J connectivity index is 5.02. The van der Waals surface area contributed by atoms with Crippen molar-refractivity contribution >= 4 is 45.2 Å². The largest absolute Gasteiger partial charge is 0.265 e. The topological polar surface area (TPSA) is 6.48 Å². The van der Waals surface area contributed by atoms with E-state index in [1.807, 2.05) is 37.5 Å². The molecule has 0 N–H and O–H groups in total. The molecule has 0 atom stereocenters. The van der Waals surface area contributed by atoms with Crippen LogP contribution in [0.3, 0.4) is 0 Å². The molecule has 2 nitrogen and oxygen atoms in total. The smallest absolute Gasteiger partial charge is 0.145 e. The molecule has 6 heteroatoms. The van der Waals surface area contributed by atoms with Crippen molar-refractivity contribution in [3.8, 4) is 0 Å². The first-order valence-electron chi connectivity index (χ1n) is 2.96. The molecule has 0 heterocycles. The van der Waals surface area contributed by atoms with Crippen LogP contribution in [0.2, 0.25) is 0 Å². The van der Waals surface area contributed by atoms with E-state index in [0.717, 1.165) is 0 Å². The third kappa shape index (κ3) is 2.51. The highest BCUT2D eigenvalue weighted by Gasteiger charge is 2.23. The molecule has 0 bridgehead atoms. The minimum atomic E-state index is -2.10. The van der Waals surface area contributed by atoms with Gasteiger partial charge in [0.15, 0.2) is 0 Å². The lowest BCUT2D eigenvalue weighted by atomic mass is 11.3. The summed E-state index contributed by atoms with van der Waals surface area (Å²) in [5, 5.41) is 0. The summed E-state index contributed by atoms with van der Waals surface area (Å²) < 4.78 is 3.91. The zero-order chi connectivity index (χ0) is 9.23. The first-order valence-corrected chi connectivity index (χ1v) is 6.31. The number of hydrogen-bond donors (Lipinski definition) is 0. The Morgan fingerprint density at radius 1 is 1.00 bits per heavy atom. The molecule has 0 amide bonds. The van der Waals surface area contributed by atoms with Crippen molar-refractivity contribution < 1.29 is 0 Å². The Bertz CT molecular complexity index is 174. The summed E-state index contributed by atoms with van der Waals surface area (Å²) in [6.45, 7) is -2.10. The average Bonchev–Trinajstić information content (AvgIpc) is 1.84. The van der Waals surface area contributed by atoms with Gasteiger partial charge in [-0.05, 0) is 28.2 Å². The monoisotopic (exact) mass is 236 g/mol. The van der Waals surface area contributed by atoms with Crippen molar-refractivity contribution in [3.63, 3.8) is 0 Å². The molecule has 0 aliphatic carbocycles. The third-order valence-electron chi connectivity index (χ3n) is 1.28. The van der Waals surface area contributed by atoms with E-state index in [2.05, 4.69) is 0 Å². The summed E-state index contributed by atoms with van der Waals surface area (Å²) in [6, 6.07) is 0. The van der Waals surface area contributed by atoms with Crippen LogP contribution in [0.25, 0.3) is 0 Å². The fraction of sp³-hybridized carbons (Fsp3) is 0.800. The minimum absolute atomic E-state index is 0.231. The van der Waals surface area contributed by atoms with Gasteiger partial charge in [-0.1, -0.05) is 34.4 Å². The van der Waals surface area contributed by atoms with E-state index in [1.54, 1.807) is 0 Å². The SMILES string of the molecule is CN(C)P(Cl)(=C(Cl)Cl)N(C)C. The van der Waals surface area contributed by atoms with E-state index >= 15 is 0 Å². The molecule has 68 valence electrons. The number of halogens is 3. The van der Waals surface area contributed by atoms with Crippen molar-refractivity contribution in [2.75, 3.05) is 28.2 Å². The molecule has 0 aliphatic rings. The van der Waals surface area contributed by atoms with Crippen molar-refractivity contribution in [2.45, 2.75) is 0 Å². The predicted molar refractivity (Wildman–Crippen MR) is 56.9 cm³/mol. The van der Waals surface area contributed by atoms with Gasteiger partial charge in [0.25, 0.3) is 0 Å². The second kappa shape index (κ2) is 4.36. The maximum Gasteiger partial charge on any atom is 0.145 e. The maximum atomic E-state index is 6.21. The Hall–Kier alpha value is 1.09. The summed E-state index contributed by atoms with van der Waals surface area (Å²) in [5.41, 5.74) is 0. The highest BCUT2D eigenvalue weighted by Crippen LogP contribution is 2.59. The molecule has 0 saturated heterocycles. The number of hydrogen-bond acceptors (Lipinski definition) is 2. The molecule has 0 fully saturated rings. The molecular formula is C5H12Cl3N2P. The molecule has 0 unspecified atom stereocenters. The molecular weight excluding hydrogens is 225 g/mol. The van der Waals surface area contributed by atoms with E-state index in [4.69, 9.17) is 34.4 Å². The highest BCUT2D eigenvalue weighted by atomic mass is 35.7. The van der Waals surface area contributed by atoms with Gasteiger partial charge in [0.1, 0.15) is 10.8 Å². The summed E-state index contributed by atoms with van der Waals surface area (Å²) in [4.78, 5) is 0. The van der Waals surface area contributed by atoms with E-state index < -0.39 is 6.54 Å². The molecule has 0 aromatic carbocycles. The molecule has 0 saturated carbocycles. The van der Waals surface area contributed by atoms with Crippen molar-refractivity contribution in [2.24, 2.45) is 0 Å². The van der Waals surface area contributed by atoms with Gasteiger partial charge in [0, 0.05) is 0 Å². The number of rotatable bonds is 2. The number of nitrogens with zero attached hydrogens (tertiary/aromatic N) is 2. The van der Waals surface area contributed by atoms with Gasteiger partial charge >= 0.3 is 0 Å². The summed E-state index contributed by atoms with van der Waals surface area (Å²) in [6.07, 6.45) is 0. The minimum Gasteiger partial charge on any atom is -0.265 e. The van der Waals surface area contributed by atoms with Gasteiger partial charge in [-0.15, -0.1) is 0 Å². The lowest BCUT2D eigenvalue weighted by Gasteiger charge is -2.32. The summed E-state index contributed by atoms with van der Waals surface area (Å²) in [7, 11) is 7.41. The molecule has 0 rings (SSSR count). The quantitative estimate of drug-likeness (QED) is 0.681. The van der Waals surface area contributed by atoms with Crippen molar-refractivity contribution in [3.05, 3.63) is 0 Å². The Kier molecular flexibility index (Phi) is 4.79. The second-order valence-corrected chi connectivity index (χ2v) is 8.45. The van der Waals surface area contributed by atoms with E-state index in [0.29, 0.717) is 0 Å². The normalized spacial score (nSPS) is 12.8. The van der Waals surface area contributed by atoms with Crippen LogP contribution in [0.4, 0.5) is 0 Å². The summed E-state index contributed by atoms with van der Waals surface area (Å²) >= 11 is 17.6. The molecule has 0 aromatic rings. The fourth-order valence-electron chi connectivity index (χ4n) is 0.660. The standard InChI is InChI=1S/C5H12Cl3N2P/c1-9(2)11(8,5(6)7)10(3)4/h1-4H3. The van der Waals surface area contributed by atoms with Crippen LogP contribution >= 0.6 is 41.0 Å². The highest BCUT2D eigenvalue weighted by molar-refractivity contribution is 7.98. The lowest BCUT2D eigenvalue weighted by Crippen LogP contribution is -2.19. The zero-order valence-corrected chi connectivity index (χ0v) is 10.1. The van der Waals surface area contributed by atoms with Crippen LogP contribution < -0.4 is 0 Å². The predicted octanol–water partition coefficient (Wildman–Crippen LogP) is 2.68. The van der Waals surface area contributed by atoms with E-state index in [1.165, 1.54) is 0 Å². The third-order valence-corrected chi connectivity index (χ3v) is 8.08. The van der Waals surface area contributed by atoms with Crippen LogP contribution in [-0.4, -0.2) is 41.7 Å². The molecule has 0 aliphatic heterocycles. The van der Waals surface area contributed by atoms with Crippen LogP contribution in [0.5, 0.6) is 0 Å². The van der Waals surface area contributed by atoms with Crippen LogP contribution in [0.15, 0.2) is 0 Å². The van der Waals surface area contributed by atoms with Crippen molar-refractivity contribution in [1.82, 2.24) is 9.34 Å². The van der Waals surface area contributed by atoms with E-state index in [-0.39, 0.29) is 4.21 Å². The first kappa shape index (κ1) is 12.1. The van der Waals surface area contributed by atoms with Crippen molar-refractivity contribution in [1.29, 1.82) is 0 Å². The lowest BCUT2D eigenvalue weighted by molar-refractivity contribution is 0.585. The molecule has 0 spiro atoms. The van der Waals surface area contributed by atoms with Gasteiger partial charge in [-0.25, -0.2) is 0 Å². The maximum absolute atomic E-state index is 6.21. The molecule has 0 aromatic heterocycles.